The zero-order valence-electron chi connectivity index (χ0n) is 16.7. The molecule has 1 N–H and O–H groups in total. The van der Waals surface area contributed by atoms with Crippen LogP contribution in [0.15, 0.2) is 41.2 Å². The molecule has 0 aliphatic rings. The Kier molecular flexibility index (Phi) is 5.50. The number of hydrogen-bond acceptors (Lipinski definition) is 10. The summed E-state index contributed by atoms with van der Waals surface area (Å²) in [5, 5.41) is 15.4. The number of pyridine rings is 1. The Bertz CT molecular complexity index is 1250. The number of benzene rings is 1. The number of nitrogens with zero attached hydrogens (tertiary/aromatic N) is 6. The van der Waals surface area contributed by atoms with Gasteiger partial charge in [-0.3, -0.25) is 4.68 Å². The van der Waals surface area contributed by atoms with Crippen LogP contribution in [0.4, 0.5) is 11.4 Å². The number of nitrogens with one attached hydrogen (secondary N) is 1. The number of methoxy groups -OCH3 is 2. The Balaban J connectivity index is 1.76. The van der Waals surface area contributed by atoms with Crippen LogP contribution in [0.3, 0.4) is 0 Å². The molecular weight excluding hydrogens is 426 g/mol. The number of ether oxygens (including phenoxy) is 2. The lowest BCUT2D eigenvalue weighted by Gasteiger charge is -2.15. The van der Waals surface area contributed by atoms with Gasteiger partial charge >= 0.3 is 11.9 Å². The third-order valence-electron chi connectivity index (χ3n) is 4.21. The minimum absolute atomic E-state index is 0.0635. The van der Waals surface area contributed by atoms with Crippen molar-refractivity contribution >= 4 is 28.9 Å². The van der Waals surface area contributed by atoms with Crippen LogP contribution in [-0.2, 0) is 11.8 Å². The summed E-state index contributed by atoms with van der Waals surface area (Å²) in [6.07, 6.45) is 3.06. The van der Waals surface area contributed by atoms with Crippen LogP contribution in [0.25, 0.3) is 22.8 Å². The third-order valence-corrected chi connectivity index (χ3v) is 4.42. The summed E-state index contributed by atoms with van der Waals surface area (Å²) in [6, 6.07) is 7.09. The van der Waals surface area contributed by atoms with E-state index in [4.69, 9.17) is 20.8 Å². The van der Waals surface area contributed by atoms with Crippen molar-refractivity contribution in [3.63, 3.8) is 0 Å². The standard InChI is InChI=1S/C19H16ClN7O4/c1-27-9-22-16(26-27)10-5-4-6-12(15(10)29-2)23-13-7-14(20)21-8-11(13)17-24-25-18(31-17)19(28)30-3/h4-9H,1-3H3,(H,21,23). The molecule has 4 aromatic rings. The lowest BCUT2D eigenvalue weighted by molar-refractivity contribution is 0.0556. The van der Waals surface area contributed by atoms with E-state index < -0.39 is 5.97 Å². The first kappa shape index (κ1) is 20.3. The van der Waals surface area contributed by atoms with Gasteiger partial charge in [0.05, 0.1) is 36.7 Å². The van der Waals surface area contributed by atoms with Crippen molar-refractivity contribution in [3.8, 4) is 28.6 Å². The van der Waals surface area contributed by atoms with Crippen LogP contribution < -0.4 is 10.1 Å². The highest BCUT2D eigenvalue weighted by molar-refractivity contribution is 6.29. The minimum atomic E-state index is -0.743. The second kappa shape index (κ2) is 8.40. The highest BCUT2D eigenvalue weighted by Crippen LogP contribution is 2.38. The maximum absolute atomic E-state index is 11.6. The second-order valence-corrected chi connectivity index (χ2v) is 6.60. The van der Waals surface area contributed by atoms with Crippen LogP contribution in [0.5, 0.6) is 5.75 Å². The van der Waals surface area contributed by atoms with E-state index in [1.54, 1.807) is 31.2 Å². The SMILES string of the molecule is COC(=O)c1nnc(-c2cnc(Cl)cc2Nc2cccc(-c3ncn(C)n3)c2OC)o1. The Hall–Kier alpha value is -3.99. The Morgan fingerprint density at radius 3 is 2.71 bits per heavy atom. The number of aryl methyl sites for hydroxylation is 1. The maximum atomic E-state index is 11.6. The van der Waals surface area contributed by atoms with Gasteiger partial charge in [-0.25, -0.2) is 14.8 Å². The van der Waals surface area contributed by atoms with E-state index in [0.29, 0.717) is 34.1 Å². The molecule has 0 unspecified atom stereocenters. The molecule has 0 aliphatic carbocycles. The lowest BCUT2D eigenvalue weighted by Crippen LogP contribution is -2.00. The molecule has 0 spiro atoms. The molecule has 0 fully saturated rings. The molecular formula is C19H16ClN7O4. The minimum Gasteiger partial charge on any atom is -0.494 e. The fraction of sp³-hybridized carbons (Fsp3) is 0.158. The lowest BCUT2D eigenvalue weighted by atomic mass is 10.1. The molecule has 3 aromatic heterocycles. The molecule has 0 radical (unpaired) electrons. The first-order valence-electron chi connectivity index (χ1n) is 8.88. The summed E-state index contributed by atoms with van der Waals surface area (Å²) in [4.78, 5) is 20.0. The van der Waals surface area contributed by atoms with Gasteiger partial charge in [0.1, 0.15) is 11.5 Å². The summed E-state index contributed by atoms with van der Waals surface area (Å²) >= 11 is 6.11. The van der Waals surface area contributed by atoms with Gasteiger partial charge in [-0.2, -0.15) is 5.10 Å². The van der Waals surface area contributed by atoms with E-state index in [0.717, 1.165) is 0 Å². The number of carbonyl (C=O) groups excluding carboxylic acids is 1. The van der Waals surface area contributed by atoms with Gasteiger partial charge in [0.2, 0.25) is 0 Å². The van der Waals surface area contributed by atoms with Crippen LogP contribution in [0, 0.1) is 0 Å². The van der Waals surface area contributed by atoms with E-state index in [1.165, 1.54) is 13.3 Å². The summed E-state index contributed by atoms with van der Waals surface area (Å²) in [7, 11) is 4.55. The van der Waals surface area contributed by atoms with Gasteiger partial charge in [0.25, 0.3) is 5.89 Å². The molecule has 158 valence electrons. The highest BCUT2D eigenvalue weighted by Gasteiger charge is 2.20. The molecule has 0 amide bonds. The summed E-state index contributed by atoms with van der Waals surface area (Å²) in [6.45, 7) is 0. The zero-order valence-corrected chi connectivity index (χ0v) is 17.4. The first-order valence-corrected chi connectivity index (χ1v) is 9.25. The topological polar surface area (TPSA) is 130 Å². The quantitative estimate of drug-likeness (QED) is 0.351. The van der Waals surface area contributed by atoms with Crippen molar-refractivity contribution in [1.29, 1.82) is 0 Å². The van der Waals surface area contributed by atoms with Gasteiger partial charge in [0.15, 0.2) is 11.6 Å². The number of esters is 1. The molecule has 0 saturated carbocycles. The van der Waals surface area contributed by atoms with Crippen molar-refractivity contribution in [2.75, 3.05) is 19.5 Å². The number of aromatic nitrogens is 6. The number of anilines is 2. The largest absolute Gasteiger partial charge is 0.494 e. The number of halogens is 1. The van der Waals surface area contributed by atoms with Crippen molar-refractivity contribution in [1.82, 2.24) is 29.9 Å². The summed E-state index contributed by atoms with van der Waals surface area (Å²) in [5.74, 6) is 0.0733. The predicted octanol–water partition coefficient (Wildman–Crippen LogP) is 3.12. The average Bonchev–Trinajstić information content (AvgIpc) is 3.42. The van der Waals surface area contributed by atoms with E-state index in [2.05, 4.69) is 35.3 Å². The van der Waals surface area contributed by atoms with E-state index in [1.807, 2.05) is 18.2 Å². The number of para-hydroxylation sites is 1. The number of hydrogen-bond donors (Lipinski definition) is 1. The maximum Gasteiger partial charge on any atom is 0.396 e. The number of rotatable bonds is 6. The van der Waals surface area contributed by atoms with Gasteiger partial charge < -0.3 is 19.2 Å². The van der Waals surface area contributed by atoms with Crippen LogP contribution in [0.2, 0.25) is 5.15 Å². The van der Waals surface area contributed by atoms with Gasteiger partial charge in [-0.05, 0) is 18.2 Å². The van der Waals surface area contributed by atoms with Crippen LogP contribution >= 0.6 is 11.6 Å². The summed E-state index contributed by atoms with van der Waals surface area (Å²) in [5.41, 5.74) is 2.24. The van der Waals surface area contributed by atoms with Crippen molar-refractivity contribution in [3.05, 3.63) is 47.8 Å². The Morgan fingerprint density at radius 1 is 1.16 bits per heavy atom. The average molecular weight is 442 g/mol. The molecule has 12 heteroatoms. The molecule has 0 aliphatic heterocycles. The predicted molar refractivity (Wildman–Crippen MR) is 110 cm³/mol. The highest BCUT2D eigenvalue weighted by atomic mass is 35.5. The molecule has 4 rings (SSSR count). The van der Waals surface area contributed by atoms with Crippen molar-refractivity contribution in [2.45, 2.75) is 0 Å². The van der Waals surface area contributed by atoms with Gasteiger partial charge in [-0.15, -0.1) is 10.2 Å². The van der Waals surface area contributed by atoms with Crippen LogP contribution in [0.1, 0.15) is 10.7 Å². The third kappa shape index (κ3) is 4.03. The molecule has 0 bridgehead atoms. The van der Waals surface area contributed by atoms with E-state index >= 15 is 0 Å². The monoisotopic (exact) mass is 441 g/mol. The fourth-order valence-electron chi connectivity index (χ4n) is 2.84. The Morgan fingerprint density at radius 2 is 2.00 bits per heavy atom. The molecule has 11 nitrogen and oxygen atoms in total. The molecule has 0 saturated heterocycles. The molecule has 3 heterocycles. The van der Waals surface area contributed by atoms with E-state index in [9.17, 15) is 4.79 Å². The van der Waals surface area contributed by atoms with Gasteiger partial charge in [0, 0.05) is 13.2 Å². The normalized spacial score (nSPS) is 10.7. The Labute approximate surface area is 181 Å². The molecule has 0 atom stereocenters. The summed E-state index contributed by atoms with van der Waals surface area (Å²) < 4.78 is 17.2. The van der Waals surface area contributed by atoms with Crippen molar-refractivity contribution < 1.29 is 18.7 Å². The smallest absolute Gasteiger partial charge is 0.396 e. The van der Waals surface area contributed by atoms with Gasteiger partial charge in [-0.1, -0.05) is 17.7 Å². The first-order chi connectivity index (χ1) is 15.0. The van der Waals surface area contributed by atoms with Crippen molar-refractivity contribution in [2.24, 2.45) is 7.05 Å². The fourth-order valence-corrected chi connectivity index (χ4v) is 3.00. The molecule has 1 aromatic carbocycles. The molecule has 31 heavy (non-hydrogen) atoms. The second-order valence-electron chi connectivity index (χ2n) is 6.21. The number of carbonyl (C=O) groups is 1. The van der Waals surface area contributed by atoms with E-state index in [-0.39, 0.29) is 16.9 Å². The van der Waals surface area contributed by atoms with Crippen LogP contribution in [-0.4, -0.2) is 50.1 Å². The zero-order chi connectivity index (χ0) is 22.0.